The molecule has 0 radical (unpaired) electrons. The molecule has 3 nitrogen and oxygen atoms in total. The first-order valence-electron chi connectivity index (χ1n) is 7.73. The molecule has 1 aromatic rings. The maximum atomic E-state index is 5.57. The van der Waals surface area contributed by atoms with Gasteiger partial charge in [0, 0.05) is 54.4 Å². The van der Waals surface area contributed by atoms with Crippen LogP contribution >= 0.6 is 31.9 Å². The van der Waals surface area contributed by atoms with E-state index in [1.807, 2.05) is 0 Å². The molecule has 0 unspecified atom stereocenters. The summed E-state index contributed by atoms with van der Waals surface area (Å²) < 4.78 is 7.84. The van der Waals surface area contributed by atoms with Crippen molar-refractivity contribution in [1.29, 1.82) is 0 Å². The number of hydrogen-bond acceptors (Lipinski definition) is 3. The van der Waals surface area contributed by atoms with Crippen molar-refractivity contribution in [2.24, 2.45) is 5.92 Å². The fourth-order valence-electron chi connectivity index (χ4n) is 3.47. The molecular weight excluding hydrogens is 396 g/mol. The van der Waals surface area contributed by atoms with Crippen LogP contribution in [0.2, 0.25) is 0 Å². The van der Waals surface area contributed by atoms with E-state index in [1.165, 1.54) is 18.4 Å². The van der Waals surface area contributed by atoms with Gasteiger partial charge in [0.15, 0.2) is 0 Å². The molecule has 1 atom stereocenters. The molecule has 0 amide bonds. The molecule has 2 aliphatic heterocycles. The number of nitrogens with one attached hydrogen (secondary N) is 1. The lowest BCUT2D eigenvalue weighted by atomic mass is 9.85. The third kappa shape index (κ3) is 3.88. The Bertz CT molecular complexity index is 453. The van der Waals surface area contributed by atoms with E-state index < -0.39 is 0 Å². The van der Waals surface area contributed by atoms with Crippen LogP contribution < -0.4 is 5.32 Å². The van der Waals surface area contributed by atoms with Gasteiger partial charge in [0.05, 0.1) is 0 Å². The van der Waals surface area contributed by atoms with Crippen LogP contribution in [-0.4, -0.2) is 44.3 Å². The Hall–Kier alpha value is 0.0600. The molecule has 1 N–H and O–H groups in total. The molecule has 2 aliphatic rings. The lowest BCUT2D eigenvalue weighted by molar-refractivity contribution is 0.0213. The van der Waals surface area contributed by atoms with Crippen molar-refractivity contribution in [2.75, 3.05) is 39.4 Å². The van der Waals surface area contributed by atoms with Crippen LogP contribution in [0.5, 0.6) is 0 Å². The van der Waals surface area contributed by atoms with Crippen LogP contribution in [0, 0.1) is 5.92 Å². The monoisotopic (exact) mass is 416 g/mol. The van der Waals surface area contributed by atoms with Crippen molar-refractivity contribution in [2.45, 2.75) is 18.9 Å². The molecule has 3 rings (SSSR count). The van der Waals surface area contributed by atoms with Crippen LogP contribution in [0.25, 0.3) is 0 Å². The second-order valence-electron chi connectivity index (χ2n) is 5.85. The van der Waals surface area contributed by atoms with Crippen molar-refractivity contribution < 1.29 is 4.74 Å². The minimum absolute atomic E-state index is 0.514. The minimum Gasteiger partial charge on any atom is -0.381 e. The lowest BCUT2D eigenvalue weighted by Crippen LogP contribution is -2.47. The predicted molar refractivity (Wildman–Crippen MR) is 92.6 cm³/mol. The van der Waals surface area contributed by atoms with Gasteiger partial charge >= 0.3 is 0 Å². The van der Waals surface area contributed by atoms with Gasteiger partial charge in [-0.05, 0) is 68.3 Å². The summed E-state index contributed by atoms with van der Waals surface area (Å²) in [6.45, 7) is 6.27. The maximum absolute atomic E-state index is 5.57. The van der Waals surface area contributed by atoms with Gasteiger partial charge in [-0.2, -0.15) is 0 Å². The van der Waals surface area contributed by atoms with Crippen molar-refractivity contribution in [3.63, 3.8) is 0 Å². The van der Waals surface area contributed by atoms with Gasteiger partial charge in [-0.15, -0.1) is 0 Å². The van der Waals surface area contributed by atoms with Gasteiger partial charge in [-0.25, -0.2) is 0 Å². The first-order valence-corrected chi connectivity index (χ1v) is 9.32. The van der Waals surface area contributed by atoms with Crippen molar-refractivity contribution in [3.05, 3.63) is 32.7 Å². The fraction of sp³-hybridized carbons (Fsp3) is 0.625. The Morgan fingerprint density at radius 1 is 1.10 bits per heavy atom. The van der Waals surface area contributed by atoms with Crippen molar-refractivity contribution in [3.8, 4) is 0 Å². The van der Waals surface area contributed by atoms with Gasteiger partial charge in [-0.1, -0.05) is 6.07 Å². The third-order valence-electron chi connectivity index (χ3n) is 4.54. The average Bonchev–Trinajstić information content (AvgIpc) is 2.53. The van der Waals surface area contributed by atoms with E-state index in [-0.39, 0.29) is 0 Å². The highest BCUT2D eigenvalue weighted by molar-refractivity contribution is 9.13. The quantitative estimate of drug-likeness (QED) is 0.813. The summed E-state index contributed by atoms with van der Waals surface area (Å²) >= 11 is 7.24. The largest absolute Gasteiger partial charge is 0.381 e. The molecule has 0 bridgehead atoms. The van der Waals surface area contributed by atoms with Crippen LogP contribution in [-0.2, 0) is 4.74 Å². The highest BCUT2D eigenvalue weighted by Crippen LogP contribution is 2.37. The number of piperazine rings is 1. The molecule has 0 saturated carbocycles. The van der Waals surface area contributed by atoms with Crippen LogP contribution in [0.3, 0.4) is 0 Å². The maximum Gasteiger partial charge on any atom is 0.0469 e. The Labute approximate surface area is 143 Å². The number of ether oxygens (including phenoxy) is 1. The smallest absolute Gasteiger partial charge is 0.0469 e. The average molecular weight is 418 g/mol. The Morgan fingerprint density at radius 3 is 2.48 bits per heavy atom. The number of nitrogens with zero attached hydrogens (tertiary/aromatic N) is 1. The highest BCUT2D eigenvalue weighted by atomic mass is 79.9. The summed E-state index contributed by atoms with van der Waals surface area (Å²) in [4.78, 5) is 2.65. The molecule has 1 aromatic carbocycles. The lowest BCUT2D eigenvalue weighted by Gasteiger charge is -2.41. The summed E-state index contributed by atoms with van der Waals surface area (Å²) in [5.41, 5.74) is 1.43. The minimum atomic E-state index is 0.514. The van der Waals surface area contributed by atoms with Gasteiger partial charge in [-0.3, -0.25) is 4.90 Å². The molecule has 116 valence electrons. The number of rotatable bonds is 3. The summed E-state index contributed by atoms with van der Waals surface area (Å²) in [6.07, 6.45) is 2.34. The SMILES string of the molecule is Brc1ccc([C@H](C2CCOCC2)N2CCNCC2)cc1Br. The van der Waals surface area contributed by atoms with Gasteiger partial charge in [0.1, 0.15) is 0 Å². The van der Waals surface area contributed by atoms with Crippen molar-refractivity contribution in [1.82, 2.24) is 10.2 Å². The third-order valence-corrected chi connectivity index (χ3v) is 6.42. The van der Waals surface area contributed by atoms with E-state index in [0.717, 1.165) is 48.3 Å². The second-order valence-corrected chi connectivity index (χ2v) is 7.56. The van der Waals surface area contributed by atoms with Gasteiger partial charge in [0.25, 0.3) is 0 Å². The molecule has 0 spiro atoms. The predicted octanol–water partition coefficient (Wildman–Crippen LogP) is 3.58. The first-order chi connectivity index (χ1) is 10.3. The summed E-state index contributed by atoms with van der Waals surface area (Å²) in [6, 6.07) is 7.23. The summed E-state index contributed by atoms with van der Waals surface area (Å²) in [7, 11) is 0. The normalized spacial score (nSPS) is 23.1. The zero-order chi connectivity index (χ0) is 14.7. The zero-order valence-corrected chi connectivity index (χ0v) is 15.3. The molecule has 0 aliphatic carbocycles. The van der Waals surface area contributed by atoms with E-state index >= 15 is 0 Å². The molecule has 2 fully saturated rings. The molecule has 2 heterocycles. The Morgan fingerprint density at radius 2 is 1.81 bits per heavy atom. The molecular formula is C16H22Br2N2O. The first kappa shape index (κ1) is 15.9. The van der Waals surface area contributed by atoms with Gasteiger partial charge < -0.3 is 10.1 Å². The second kappa shape index (κ2) is 7.55. The standard InChI is InChI=1S/C16H22Br2N2O/c17-14-2-1-13(11-15(14)18)16(12-3-9-21-10-4-12)20-7-5-19-6-8-20/h1-2,11-12,16,19H,3-10H2/t16-/m0/s1. The number of benzene rings is 1. The summed E-state index contributed by atoms with van der Waals surface area (Å²) in [5.74, 6) is 0.699. The molecule has 5 heteroatoms. The van der Waals surface area contributed by atoms with E-state index in [4.69, 9.17) is 4.74 Å². The Balaban J connectivity index is 1.87. The van der Waals surface area contributed by atoms with E-state index in [2.05, 4.69) is 60.3 Å². The summed E-state index contributed by atoms with van der Waals surface area (Å²) in [5, 5.41) is 3.46. The zero-order valence-electron chi connectivity index (χ0n) is 12.2. The fourth-order valence-corrected chi connectivity index (χ4v) is 4.11. The molecule has 21 heavy (non-hydrogen) atoms. The van der Waals surface area contributed by atoms with E-state index in [9.17, 15) is 0 Å². The highest BCUT2D eigenvalue weighted by Gasteiger charge is 2.31. The topological polar surface area (TPSA) is 24.5 Å². The van der Waals surface area contributed by atoms with E-state index in [1.54, 1.807) is 0 Å². The van der Waals surface area contributed by atoms with Crippen LogP contribution in [0.4, 0.5) is 0 Å². The molecule has 0 aromatic heterocycles. The van der Waals surface area contributed by atoms with Crippen LogP contribution in [0.1, 0.15) is 24.4 Å². The number of halogens is 2. The Kier molecular flexibility index (Phi) is 5.73. The number of hydrogen-bond donors (Lipinski definition) is 1. The van der Waals surface area contributed by atoms with E-state index in [0.29, 0.717) is 12.0 Å². The van der Waals surface area contributed by atoms with Crippen molar-refractivity contribution >= 4 is 31.9 Å². The van der Waals surface area contributed by atoms with Gasteiger partial charge in [0.2, 0.25) is 0 Å². The van der Waals surface area contributed by atoms with Crippen LogP contribution in [0.15, 0.2) is 27.1 Å². The molecule has 2 saturated heterocycles.